The molecule has 4 nitrogen and oxygen atoms in total. The lowest BCUT2D eigenvalue weighted by molar-refractivity contribution is -0.768. The number of unbranched alkanes of at least 4 members (excludes halogenated alkanes) is 5. The van der Waals surface area contributed by atoms with Crippen molar-refractivity contribution in [2.45, 2.75) is 71.3 Å². The van der Waals surface area contributed by atoms with E-state index in [0.29, 0.717) is 0 Å². The molecule has 0 aliphatic carbocycles. The predicted octanol–water partition coefficient (Wildman–Crippen LogP) is 3.72. The molecule has 0 spiro atoms. The summed E-state index contributed by atoms with van der Waals surface area (Å²) in [4.78, 5) is 14.7. The molecular formula is C11H23NO3. The van der Waals surface area contributed by atoms with E-state index >= 15 is 0 Å². The van der Waals surface area contributed by atoms with Crippen molar-refractivity contribution in [3.63, 3.8) is 0 Å². The van der Waals surface area contributed by atoms with Crippen molar-refractivity contribution in [3.8, 4) is 0 Å². The predicted molar refractivity (Wildman–Crippen MR) is 60.2 cm³/mol. The number of rotatable bonds is 10. The fourth-order valence-corrected chi connectivity index (χ4v) is 1.61. The highest BCUT2D eigenvalue weighted by Crippen LogP contribution is 2.12. The molecule has 0 aromatic carbocycles. The molecule has 0 saturated heterocycles. The molecule has 1 atom stereocenters. The lowest BCUT2D eigenvalue weighted by atomic mass is 10.1. The van der Waals surface area contributed by atoms with E-state index in [1.807, 2.05) is 6.92 Å². The smallest absolute Gasteiger partial charge is 0.294 e. The zero-order valence-corrected chi connectivity index (χ0v) is 9.91. The third-order valence-corrected chi connectivity index (χ3v) is 2.57. The number of hydrogen-bond donors (Lipinski definition) is 0. The standard InChI is InChI=1S/C11H23NO3/c1-3-5-6-7-8-9-10-11(4-2)15-12(13)14/h11H,3-10H2,1-2H3. The zero-order chi connectivity index (χ0) is 11.5. The van der Waals surface area contributed by atoms with Crippen molar-refractivity contribution in [2.24, 2.45) is 0 Å². The van der Waals surface area contributed by atoms with E-state index in [9.17, 15) is 10.1 Å². The van der Waals surface area contributed by atoms with Crippen molar-refractivity contribution >= 4 is 0 Å². The number of hydrogen-bond acceptors (Lipinski definition) is 3. The Labute approximate surface area is 92.1 Å². The normalized spacial score (nSPS) is 12.4. The van der Waals surface area contributed by atoms with Crippen LogP contribution in [-0.2, 0) is 4.84 Å². The van der Waals surface area contributed by atoms with Crippen LogP contribution in [0.5, 0.6) is 0 Å². The Kier molecular flexibility index (Phi) is 9.22. The second-order valence-corrected chi connectivity index (χ2v) is 3.92. The second kappa shape index (κ2) is 9.74. The maximum Gasteiger partial charge on any atom is 0.294 e. The third kappa shape index (κ3) is 9.50. The molecule has 0 bridgehead atoms. The van der Waals surface area contributed by atoms with Gasteiger partial charge in [0.25, 0.3) is 5.09 Å². The maximum atomic E-state index is 10.1. The van der Waals surface area contributed by atoms with Crippen molar-refractivity contribution in [1.29, 1.82) is 0 Å². The van der Waals surface area contributed by atoms with E-state index in [1.165, 1.54) is 25.7 Å². The van der Waals surface area contributed by atoms with Crippen LogP contribution >= 0.6 is 0 Å². The Bertz CT molecular complexity index is 162. The van der Waals surface area contributed by atoms with Gasteiger partial charge in [-0.15, -0.1) is 10.1 Å². The van der Waals surface area contributed by atoms with Crippen molar-refractivity contribution in [1.82, 2.24) is 0 Å². The minimum Gasteiger partial charge on any atom is -0.311 e. The summed E-state index contributed by atoms with van der Waals surface area (Å²) >= 11 is 0. The zero-order valence-electron chi connectivity index (χ0n) is 9.91. The fraction of sp³-hybridized carbons (Fsp3) is 1.00. The van der Waals surface area contributed by atoms with Gasteiger partial charge in [-0.05, 0) is 12.8 Å². The van der Waals surface area contributed by atoms with Crippen LogP contribution in [0.15, 0.2) is 0 Å². The molecule has 0 radical (unpaired) electrons. The van der Waals surface area contributed by atoms with E-state index in [-0.39, 0.29) is 6.10 Å². The van der Waals surface area contributed by atoms with Gasteiger partial charge in [-0.3, -0.25) is 0 Å². The summed E-state index contributed by atoms with van der Waals surface area (Å²) < 4.78 is 0. The molecule has 0 N–H and O–H groups in total. The van der Waals surface area contributed by atoms with Gasteiger partial charge >= 0.3 is 0 Å². The summed E-state index contributed by atoms with van der Waals surface area (Å²) in [5, 5.41) is 9.45. The maximum absolute atomic E-state index is 10.1. The minimum absolute atomic E-state index is 0.203. The van der Waals surface area contributed by atoms with E-state index < -0.39 is 5.09 Å². The van der Waals surface area contributed by atoms with Crippen LogP contribution in [0.3, 0.4) is 0 Å². The molecule has 0 heterocycles. The molecule has 15 heavy (non-hydrogen) atoms. The van der Waals surface area contributed by atoms with Crippen molar-refractivity contribution in [3.05, 3.63) is 10.1 Å². The van der Waals surface area contributed by atoms with Gasteiger partial charge in [0, 0.05) is 0 Å². The van der Waals surface area contributed by atoms with Crippen LogP contribution in [0, 0.1) is 10.1 Å². The molecule has 1 unspecified atom stereocenters. The molecule has 0 aliphatic rings. The van der Waals surface area contributed by atoms with E-state index in [1.54, 1.807) is 0 Å². The highest BCUT2D eigenvalue weighted by molar-refractivity contribution is 4.54. The van der Waals surface area contributed by atoms with Crippen LogP contribution < -0.4 is 0 Å². The quantitative estimate of drug-likeness (QED) is 0.318. The first-order valence-corrected chi connectivity index (χ1v) is 6.01. The van der Waals surface area contributed by atoms with Crippen LogP contribution in [0.4, 0.5) is 0 Å². The number of nitrogens with zero attached hydrogens (tertiary/aromatic N) is 1. The molecule has 0 saturated carbocycles. The lowest BCUT2D eigenvalue weighted by Crippen LogP contribution is -2.15. The van der Waals surface area contributed by atoms with Gasteiger partial charge in [0.1, 0.15) is 6.10 Å². The highest BCUT2D eigenvalue weighted by atomic mass is 17.0. The molecule has 0 aromatic heterocycles. The monoisotopic (exact) mass is 217 g/mol. The van der Waals surface area contributed by atoms with Gasteiger partial charge in [0.15, 0.2) is 0 Å². The summed E-state index contributed by atoms with van der Waals surface area (Å²) in [6.07, 6.45) is 8.59. The largest absolute Gasteiger partial charge is 0.311 e. The molecule has 90 valence electrons. The molecule has 0 rings (SSSR count). The average molecular weight is 217 g/mol. The third-order valence-electron chi connectivity index (χ3n) is 2.57. The first kappa shape index (κ1) is 14.2. The van der Waals surface area contributed by atoms with Crippen LogP contribution in [0.1, 0.15) is 65.2 Å². The van der Waals surface area contributed by atoms with Crippen LogP contribution in [0.25, 0.3) is 0 Å². The molecule has 4 heteroatoms. The van der Waals surface area contributed by atoms with Gasteiger partial charge in [-0.25, -0.2) is 0 Å². The topological polar surface area (TPSA) is 52.4 Å². The SMILES string of the molecule is CCCCCCCCC(CC)O[N+](=O)[O-]. The minimum atomic E-state index is -0.675. The Morgan fingerprint density at radius 3 is 2.27 bits per heavy atom. The van der Waals surface area contributed by atoms with E-state index in [0.717, 1.165) is 25.7 Å². The second-order valence-electron chi connectivity index (χ2n) is 3.92. The Morgan fingerprint density at radius 2 is 1.73 bits per heavy atom. The van der Waals surface area contributed by atoms with Crippen molar-refractivity contribution in [2.75, 3.05) is 0 Å². The average Bonchev–Trinajstić information content (AvgIpc) is 2.20. The summed E-state index contributed by atoms with van der Waals surface area (Å²) in [5.41, 5.74) is 0. The van der Waals surface area contributed by atoms with Gasteiger partial charge in [0.2, 0.25) is 0 Å². The lowest BCUT2D eigenvalue weighted by Gasteiger charge is -2.11. The fourth-order valence-electron chi connectivity index (χ4n) is 1.61. The molecule has 0 amide bonds. The first-order chi connectivity index (χ1) is 7.20. The van der Waals surface area contributed by atoms with Crippen LogP contribution in [-0.4, -0.2) is 11.2 Å². The summed E-state index contributed by atoms with van der Waals surface area (Å²) in [6.45, 7) is 4.11. The first-order valence-electron chi connectivity index (χ1n) is 6.01. The molecular weight excluding hydrogens is 194 g/mol. The summed E-state index contributed by atoms with van der Waals surface area (Å²) in [6, 6.07) is 0. The van der Waals surface area contributed by atoms with Gasteiger partial charge in [-0.1, -0.05) is 52.4 Å². The van der Waals surface area contributed by atoms with Gasteiger partial charge in [0.05, 0.1) is 0 Å². The van der Waals surface area contributed by atoms with E-state index in [2.05, 4.69) is 11.8 Å². The van der Waals surface area contributed by atoms with Crippen LogP contribution in [0.2, 0.25) is 0 Å². The van der Waals surface area contributed by atoms with Crippen molar-refractivity contribution < 1.29 is 9.92 Å². The molecule has 0 aliphatic heterocycles. The highest BCUT2D eigenvalue weighted by Gasteiger charge is 2.09. The Balaban J connectivity index is 3.34. The Morgan fingerprint density at radius 1 is 1.13 bits per heavy atom. The summed E-state index contributed by atoms with van der Waals surface area (Å²) in [7, 11) is 0. The Hall–Kier alpha value is -0.800. The van der Waals surface area contributed by atoms with Gasteiger partial charge < -0.3 is 4.84 Å². The van der Waals surface area contributed by atoms with E-state index in [4.69, 9.17) is 0 Å². The molecule has 0 fully saturated rings. The molecule has 0 aromatic rings. The van der Waals surface area contributed by atoms with Gasteiger partial charge in [-0.2, -0.15) is 0 Å². The summed E-state index contributed by atoms with van der Waals surface area (Å²) in [5.74, 6) is 0.